The van der Waals surface area contributed by atoms with Crippen LogP contribution in [0.25, 0.3) is 0 Å². The average Bonchev–Trinajstić information content (AvgIpc) is 2.92. The molecule has 1 aliphatic heterocycles. The molecule has 0 radical (unpaired) electrons. The predicted octanol–water partition coefficient (Wildman–Crippen LogP) is 2.28. The van der Waals surface area contributed by atoms with E-state index < -0.39 is 0 Å². The minimum Gasteiger partial charge on any atom is -0.450 e. The topological polar surface area (TPSA) is 62.7 Å². The van der Waals surface area contributed by atoms with Gasteiger partial charge in [0.1, 0.15) is 0 Å². The summed E-state index contributed by atoms with van der Waals surface area (Å²) >= 11 is 1.58. The predicted molar refractivity (Wildman–Crippen MR) is 84.6 cm³/mol. The molecular formula is C15H23N3O3S. The summed E-state index contributed by atoms with van der Waals surface area (Å²) in [4.78, 5) is 32.1. The van der Waals surface area contributed by atoms with Crippen LogP contribution >= 0.6 is 11.3 Å². The Morgan fingerprint density at radius 2 is 2.32 bits per heavy atom. The lowest BCUT2D eigenvalue weighted by Crippen LogP contribution is -2.45. The Balaban J connectivity index is 1.91. The molecule has 2 amide bonds. The molecule has 0 bridgehead atoms. The largest absolute Gasteiger partial charge is 0.450 e. The number of hydrogen-bond acceptors (Lipinski definition) is 5. The number of hydrogen-bond donors (Lipinski definition) is 0. The Morgan fingerprint density at radius 1 is 1.55 bits per heavy atom. The molecule has 0 aliphatic carbocycles. The van der Waals surface area contributed by atoms with Gasteiger partial charge in [0.2, 0.25) is 5.91 Å². The number of aromatic nitrogens is 1. The van der Waals surface area contributed by atoms with Crippen LogP contribution in [0.5, 0.6) is 0 Å². The van der Waals surface area contributed by atoms with Crippen molar-refractivity contribution < 1.29 is 14.3 Å². The van der Waals surface area contributed by atoms with Crippen molar-refractivity contribution in [2.24, 2.45) is 5.92 Å². The van der Waals surface area contributed by atoms with E-state index in [9.17, 15) is 9.59 Å². The van der Waals surface area contributed by atoms with Gasteiger partial charge in [0, 0.05) is 25.5 Å². The summed E-state index contributed by atoms with van der Waals surface area (Å²) in [7, 11) is 1.79. The van der Waals surface area contributed by atoms with E-state index in [1.165, 1.54) is 0 Å². The molecule has 1 aromatic heterocycles. The standard InChI is InChI=1S/C15H23N3O3S/c1-4-21-15(20)18-7-5-6-12(8-18)14(19)17(3)9-13-10-22-11(2)16-13/h10,12H,4-9H2,1-3H3. The first kappa shape index (κ1) is 16.7. The number of nitrogens with zero attached hydrogens (tertiary/aromatic N) is 3. The van der Waals surface area contributed by atoms with E-state index in [-0.39, 0.29) is 17.9 Å². The highest BCUT2D eigenvalue weighted by atomic mass is 32.1. The molecule has 1 aliphatic rings. The molecule has 6 nitrogen and oxygen atoms in total. The van der Waals surface area contributed by atoms with Crippen molar-refractivity contribution in [1.82, 2.24) is 14.8 Å². The molecule has 1 unspecified atom stereocenters. The maximum absolute atomic E-state index is 12.6. The molecule has 0 spiro atoms. The van der Waals surface area contributed by atoms with Gasteiger partial charge in [-0.2, -0.15) is 0 Å². The van der Waals surface area contributed by atoms with Crippen LogP contribution in [0.3, 0.4) is 0 Å². The molecule has 7 heteroatoms. The zero-order valence-electron chi connectivity index (χ0n) is 13.4. The van der Waals surface area contributed by atoms with E-state index >= 15 is 0 Å². The molecule has 22 heavy (non-hydrogen) atoms. The second kappa shape index (κ2) is 7.58. The number of carbonyl (C=O) groups excluding carboxylic acids is 2. The SMILES string of the molecule is CCOC(=O)N1CCCC(C(=O)N(C)Cc2csc(C)n2)C1. The average molecular weight is 325 g/mol. The third-order valence-electron chi connectivity index (χ3n) is 3.74. The number of amides is 2. The number of piperidine rings is 1. The lowest BCUT2D eigenvalue weighted by Gasteiger charge is -2.33. The fourth-order valence-electron chi connectivity index (χ4n) is 2.67. The van der Waals surface area contributed by atoms with E-state index in [2.05, 4.69) is 4.98 Å². The zero-order chi connectivity index (χ0) is 16.1. The van der Waals surface area contributed by atoms with Gasteiger partial charge in [-0.1, -0.05) is 0 Å². The van der Waals surface area contributed by atoms with Gasteiger partial charge in [0.05, 0.1) is 29.8 Å². The number of ether oxygens (including phenoxy) is 1. The first-order valence-electron chi connectivity index (χ1n) is 7.59. The first-order chi connectivity index (χ1) is 10.5. The van der Waals surface area contributed by atoms with Gasteiger partial charge in [-0.3, -0.25) is 4.79 Å². The van der Waals surface area contributed by atoms with Crippen molar-refractivity contribution in [3.05, 3.63) is 16.1 Å². The summed E-state index contributed by atoms with van der Waals surface area (Å²) in [6, 6.07) is 0. The highest BCUT2D eigenvalue weighted by Crippen LogP contribution is 2.20. The molecule has 2 rings (SSSR count). The van der Waals surface area contributed by atoms with Gasteiger partial charge in [-0.25, -0.2) is 9.78 Å². The number of thiazole rings is 1. The summed E-state index contributed by atoms with van der Waals surface area (Å²) in [5, 5.41) is 2.98. The van der Waals surface area contributed by atoms with E-state index in [4.69, 9.17) is 4.74 Å². The molecule has 0 saturated carbocycles. The van der Waals surface area contributed by atoms with Crippen molar-refractivity contribution in [3.8, 4) is 0 Å². The van der Waals surface area contributed by atoms with E-state index in [1.807, 2.05) is 12.3 Å². The number of carbonyl (C=O) groups is 2. The maximum atomic E-state index is 12.6. The van der Waals surface area contributed by atoms with Crippen LogP contribution in [-0.2, 0) is 16.1 Å². The van der Waals surface area contributed by atoms with Crippen molar-refractivity contribution in [2.45, 2.75) is 33.2 Å². The number of rotatable bonds is 4. The van der Waals surface area contributed by atoms with Gasteiger partial charge in [0.25, 0.3) is 0 Å². The lowest BCUT2D eigenvalue weighted by molar-refractivity contribution is -0.136. The Kier molecular flexibility index (Phi) is 5.76. The summed E-state index contributed by atoms with van der Waals surface area (Å²) in [5.41, 5.74) is 0.913. The van der Waals surface area contributed by atoms with E-state index in [1.54, 1.807) is 35.1 Å². The normalized spacial score (nSPS) is 18.1. The van der Waals surface area contributed by atoms with Crippen LogP contribution in [0.15, 0.2) is 5.38 Å². The van der Waals surface area contributed by atoms with Gasteiger partial charge in [-0.15, -0.1) is 11.3 Å². The molecule has 2 heterocycles. The fraction of sp³-hybridized carbons (Fsp3) is 0.667. The van der Waals surface area contributed by atoms with Crippen LogP contribution in [0.4, 0.5) is 4.79 Å². The molecule has 1 aromatic rings. The fourth-order valence-corrected chi connectivity index (χ4v) is 3.28. The Morgan fingerprint density at radius 3 is 2.95 bits per heavy atom. The van der Waals surface area contributed by atoms with Crippen molar-refractivity contribution in [1.29, 1.82) is 0 Å². The third kappa shape index (κ3) is 4.19. The summed E-state index contributed by atoms with van der Waals surface area (Å²) in [5.74, 6) is -0.0810. The Bertz CT molecular complexity index is 532. The number of aryl methyl sites for hydroxylation is 1. The minimum absolute atomic E-state index is 0.0691. The second-order valence-corrected chi connectivity index (χ2v) is 6.60. The van der Waals surface area contributed by atoms with Crippen LogP contribution in [0, 0.1) is 12.8 Å². The first-order valence-corrected chi connectivity index (χ1v) is 8.47. The maximum Gasteiger partial charge on any atom is 0.409 e. The molecule has 1 saturated heterocycles. The molecule has 1 atom stereocenters. The van der Waals surface area contributed by atoms with Crippen molar-refractivity contribution in [3.63, 3.8) is 0 Å². The van der Waals surface area contributed by atoms with Crippen molar-refractivity contribution in [2.75, 3.05) is 26.7 Å². The summed E-state index contributed by atoms with van der Waals surface area (Å²) in [6.07, 6.45) is 1.33. The van der Waals surface area contributed by atoms with Crippen molar-refractivity contribution >= 4 is 23.3 Å². The van der Waals surface area contributed by atoms with Crippen LogP contribution in [0.1, 0.15) is 30.5 Å². The van der Waals surface area contributed by atoms with Gasteiger partial charge < -0.3 is 14.5 Å². The zero-order valence-corrected chi connectivity index (χ0v) is 14.2. The van der Waals surface area contributed by atoms with E-state index in [0.717, 1.165) is 23.5 Å². The molecule has 0 aromatic carbocycles. The number of likely N-dealkylation sites (tertiary alicyclic amines) is 1. The highest BCUT2D eigenvalue weighted by molar-refractivity contribution is 7.09. The third-order valence-corrected chi connectivity index (χ3v) is 4.56. The monoisotopic (exact) mass is 325 g/mol. The second-order valence-electron chi connectivity index (χ2n) is 5.54. The quantitative estimate of drug-likeness (QED) is 0.852. The Labute approximate surface area is 135 Å². The van der Waals surface area contributed by atoms with E-state index in [0.29, 0.717) is 26.2 Å². The van der Waals surface area contributed by atoms with Gasteiger partial charge >= 0.3 is 6.09 Å². The molecule has 1 fully saturated rings. The van der Waals surface area contributed by atoms with Crippen LogP contribution in [-0.4, -0.2) is 53.5 Å². The Hall–Kier alpha value is -1.63. The van der Waals surface area contributed by atoms with Gasteiger partial charge in [0.15, 0.2) is 0 Å². The molecular weight excluding hydrogens is 302 g/mol. The van der Waals surface area contributed by atoms with Crippen LogP contribution < -0.4 is 0 Å². The lowest BCUT2D eigenvalue weighted by atomic mass is 9.97. The minimum atomic E-state index is -0.322. The highest BCUT2D eigenvalue weighted by Gasteiger charge is 2.30. The van der Waals surface area contributed by atoms with Gasteiger partial charge in [-0.05, 0) is 26.7 Å². The summed E-state index contributed by atoms with van der Waals surface area (Å²) in [6.45, 7) is 5.72. The smallest absolute Gasteiger partial charge is 0.409 e. The molecule has 0 N–H and O–H groups in total. The summed E-state index contributed by atoms with van der Waals surface area (Å²) < 4.78 is 5.02. The molecule has 122 valence electrons. The van der Waals surface area contributed by atoms with Crippen LogP contribution in [0.2, 0.25) is 0 Å².